The summed E-state index contributed by atoms with van der Waals surface area (Å²) < 4.78 is 0. The van der Waals surface area contributed by atoms with Crippen LogP contribution >= 0.6 is 0 Å². The van der Waals surface area contributed by atoms with Gasteiger partial charge in [-0.1, -0.05) is 19.3 Å². The van der Waals surface area contributed by atoms with Crippen LogP contribution in [-0.4, -0.2) is 28.1 Å². The Morgan fingerprint density at radius 1 is 1.47 bits per heavy atom. The molecular formula is C15H22N2O2. The lowest BCUT2D eigenvalue weighted by atomic mass is 9.78. The number of rotatable bonds is 4. The zero-order valence-electron chi connectivity index (χ0n) is 11.4. The summed E-state index contributed by atoms with van der Waals surface area (Å²) >= 11 is 0. The quantitative estimate of drug-likeness (QED) is 0.874. The van der Waals surface area contributed by atoms with E-state index >= 15 is 0 Å². The molecule has 1 fully saturated rings. The Labute approximate surface area is 114 Å². The number of carbonyl (C=O) groups is 1. The van der Waals surface area contributed by atoms with Crippen molar-refractivity contribution in [1.82, 2.24) is 10.3 Å². The predicted molar refractivity (Wildman–Crippen MR) is 73.8 cm³/mol. The summed E-state index contributed by atoms with van der Waals surface area (Å²) in [6.07, 6.45) is 8.88. The third kappa shape index (κ3) is 3.77. The van der Waals surface area contributed by atoms with E-state index in [-0.39, 0.29) is 11.8 Å². The first-order valence-corrected chi connectivity index (χ1v) is 7.00. The number of nitrogens with one attached hydrogen (secondary N) is 1. The molecule has 2 N–H and O–H groups in total. The van der Waals surface area contributed by atoms with Crippen LogP contribution in [0.25, 0.3) is 0 Å². The molecule has 104 valence electrons. The van der Waals surface area contributed by atoms with Crippen molar-refractivity contribution in [3.8, 4) is 0 Å². The van der Waals surface area contributed by atoms with E-state index in [1.54, 1.807) is 18.3 Å². The summed E-state index contributed by atoms with van der Waals surface area (Å²) in [6, 6.07) is 3.45. The number of carbonyl (C=O) groups excluding carboxylic acids is 1. The number of nitrogens with zero attached hydrogens (tertiary/aromatic N) is 1. The minimum Gasteiger partial charge on any atom is -0.388 e. The molecule has 1 aromatic heterocycles. The number of pyridine rings is 1. The van der Waals surface area contributed by atoms with Crippen LogP contribution in [0.4, 0.5) is 0 Å². The minimum absolute atomic E-state index is 0.177. The Kier molecular flexibility index (Phi) is 4.53. The van der Waals surface area contributed by atoms with Crippen LogP contribution in [0.5, 0.6) is 0 Å². The van der Waals surface area contributed by atoms with Crippen LogP contribution in [0, 0.1) is 5.92 Å². The Morgan fingerprint density at radius 2 is 2.21 bits per heavy atom. The molecular weight excluding hydrogens is 240 g/mol. The van der Waals surface area contributed by atoms with E-state index in [2.05, 4.69) is 10.3 Å². The molecule has 0 radical (unpaired) electrons. The monoisotopic (exact) mass is 262 g/mol. The van der Waals surface area contributed by atoms with Gasteiger partial charge in [-0.25, -0.2) is 0 Å². The van der Waals surface area contributed by atoms with Gasteiger partial charge in [0.1, 0.15) is 0 Å². The van der Waals surface area contributed by atoms with Crippen LogP contribution in [0.3, 0.4) is 0 Å². The third-order valence-electron chi connectivity index (χ3n) is 4.02. The van der Waals surface area contributed by atoms with Crippen LogP contribution in [-0.2, 0) is 0 Å². The van der Waals surface area contributed by atoms with Crippen molar-refractivity contribution in [2.75, 3.05) is 6.54 Å². The zero-order valence-corrected chi connectivity index (χ0v) is 11.4. The Balaban J connectivity index is 1.88. The van der Waals surface area contributed by atoms with Gasteiger partial charge >= 0.3 is 0 Å². The van der Waals surface area contributed by atoms with Gasteiger partial charge in [-0.05, 0) is 37.8 Å². The molecule has 0 spiro atoms. The fourth-order valence-corrected chi connectivity index (χ4v) is 2.73. The molecule has 2 rings (SSSR count). The maximum Gasteiger partial charge on any atom is 0.252 e. The summed E-state index contributed by atoms with van der Waals surface area (Å²) in [5.74, 6) is 0.111. The van der Waals surface area contributed by atoms with Crippen molar-refractivity contribution in [2.45, 2.75) is 44.6 Å². The lowest BCUT2D eigenvalue weighted by Gasteiger charge is -2.35. The second-order valence-electron chi connectivity index (χ2n) is 5.62. The fraction of sp³-hybridized carbons (Fsp3) is 0.600. The van der Waals surface area contributed by atoms with E-state index in [0.29, 0.717) is 12.1 Å². The SMILES string of the molecule is C[C@@](O)(CNC(=O)c1cccnc1)C1CCCCC1. The van der Waals surface area contributed by atoms with Gasteiger partial charge in [-0.3, -0.25) is 9.78 Å². The van der Waals surface area contributed by atoms with Crippen LogP contribution < -0.4 is 5.32 Å². The van der Waals surface area contributed by atoms with E-state index in [9.17, 15) is 9.90 Å². The van der Waals surface area contributed by atoms with Gasteiger partial charge in [-0.15, -0.1) is 0 Å². The highest BCUT2D eigenvalue weighted by atomic mass is 16.3. The van der Waals surface area contributed by atoms with Crippen LogP contribution in [0.2, 0.25) is 0 Å². The van der Waals surface area contributed by atoms with Gasteiger partial charge in [0, 0.05) is 18.9 Å². The molecule has 0 aliphatic heterocycles. The van der Waals surface area contributed by atoms with Crippen molar-refractivity contribution in [3.05, 3.63) is 30.1 Å². The van der Waals surface area contributed by atoms with Crippen molar-refractivity contribution in [3.63, 3.8) is 0 Å². The van der Waals surface area contributed by atoms with Gasteiger partial charge in [0.2, 0.25) is 0 Å². The first kappa shape index (κ1) is 14.0. The highest BCUT2D eigenvalue weighted by molar-refractivity contribution is 5.93. The normalized spacial score (nSPS) is 19.7. The molecule has 1 saturated carbocycles. The first-order valence-electron chi connectivity index (χ1n) is 7.00. The van der Waals surface area contributed by atoms with Crippen LogP contribution in [0.15, 0.2) is 24.5 Å². The van der Waals surface area contributed by atoms with Gasteiger partial charge in [0.25, 0.3) is 5.91 Å². The molecule has 1 atom stereocenters. The summed E-state index contributed by atoms with van der Waals surface area (Å²) in [7, 11) is 0. The van der Waals surface area contributed by atoms with E-state index in [0.717, 1.165) is 12.8 Å². The van der Waals surface area contributed by atoms with Gasteiger partial charge in [-0.2, -0.15) is 0 Å². The van der Waals surface area contributed by atoms with Crippen molar-refractivity contribution < 1.29 is 9.90 Å². The molecule has 0 aromatic carbocycles. The molecule has 1 aromatic rings. The summed E-state index contributed by atoms with van der Waals surface area (Å²) in [4.78, 5) is 15.8. The topological polar surface area (TPSA) is 62.2 Å². The predicted octanol–water partition coefficient (Wildman–Crippen LogP) is 2.14. The molecule has 1 heterocycles. The minimum atomic E-state index is -0.821. The van der Waals surface area contributed by atoms with E-state index in [1.807, 2.05) is 6.92 Å². The standard InChI is InChI=1S/C15H22N2O2/c1-15(19,13-7-3-2-4-8-13)11-17-14(18)12-6-5-9-16-10-12/h5-6,9-10,13,19H,2-4,7-8,11H2,1H3,(H,17,18)/t15-/m1/s1. The molecule has 1 amide bonds. The smallest absolute Gasteiger partial charge is 0.252 e. The summed E-state index contributed by atoms with van der Waals surface area (Å²) in [5, 5.41) is 13.3. The zero-order chi connectivity index (χ0) is 13.7. The maximum absolute atomic E-state index is 11.9. The molecule has 4 heteroatoms. The van der Waals surface area contributed by atoms with Crippen molar-refractivity contribution in [1.29, 1.82) is 0 Å². The molecule has 1 aliphatic carbocycles. The molecule has 19 heavy (non-hydrogen) atoms. The molecule has 1 aliphatic rings. The molecule has 0 unspecified atom stereocenters. The van der Waals surface area contributed by atoms with Crippen molar-refractivity contribution in [2.24, 2.45) is 5.92 Å². The lowest BCUT2D eigenvalue weighted by Crippen LogP contribution is -2.46. The fourth-order valence-electron chi connectivity index (χ4n) is 2.73. The largest absolute Gasteiger partial charge is 0.388 e. The Morgan fingerprint density at radius 3 is 2.84 bits per heavy atom. The molecule has 4 nitrogen and oxygen atoms in total. The second-order valence-corrected chi connectivity index (χ2v) is 5.62. The second kappa shape index (κ2) is 6.15. The average Bonchev–Trinajstić information content (AvgIpc) is 2.47. The number of aromatic nitrogens is 1. The highest BCUT2D eigenvalue weighted by Crippen LogP contribution is 2.32. The first-order chi connectivity index (χ1) is 9.09. The van der Waals surface area contributed by atoms with E-state index < -0.39 is 5.60 Å². The van der Waals surface area contributed by atoms with E-state index in [4.69, 9.17) is 0 Å². The number of amides is 1. The number of hydrogen-bond acceptors (Lipinski definition) is 3. The maximum atomic E-state index is 11.9. The Bertz CT molecular complexity index is 411. The Hall–Kier alpha value is -1.42. The summed E-state index contributed by atoms with van der Waals surface area (Å²) in [5.41, 5.74) is -0.292. The lowest BCUT2D eigenvalue weighted by molar-refractivity contribution is -0.0143. The molecule has 0 saturated heterocycles. The number of aliphatic hydroxyl groups is 1. The van der Waals surface area contributed by atoms with E-state index in [1.165, 1.54) is 25.5 Å². The highest BCUT2D eigenvalue weighted by Gasteiger charge is 2.33. The molecule has 0 bridgehead atoms. The van der Waals surface area contributed by atoms with Gasteiger partial charge in [0.15, 0.2) is 0 Å². The third-order valence-corrected chi connectivity index (χ3v) is 4.02. The van der Waals surface area contributed by atoms with Gasteiger partial charge < -0.3 is 10.4 Å². The van der Waals surface area contributed by atoms with Crippen molar-refractivity contribution >= 4 is 5.91 Å². The average molecular weight is 262 g/mol. The van der Waals surface area contributed by atoms with Crippen LogP contribution in [0.1, 0.15) is 49.4 Å². The summed E-state index contributed by atoms with van der Waals surface area (Å²) in [6.45, 7) is 2.12. The van der Waals surface area contributed by atoms with Gasteiger partial charge in [0.05, 0.1) is 11.2 Å². The number of hydrogen-bond donors (Lipinski definition) is 2.